The number of alkyl halides is 1. The molecule has 0 aromatic carbocycles. The first kappa shape index (κ1) is 12.0. The van der Waals surface area contributed by atoms with E-state index in [9.17, 15) is 9.18 Å². The molecule has 5 heteroatoms. The summed E-state index contributed by atoms with van der Waals surface area (Å²) in [4.78, 5) is 11.9. The first-order valence-electron chi connectivity index (χ1n) is 5.79. The predicted molar refractivity (Wildman–Crippen MR) is 66.1 cm³/mol. The summed E-state index contributed by atoms with van der Waals surface area (Å²) in [6, 6.07) is 0. The third-order valence-corrected chi connectivity index (χ3v) is 5.50. The smallest absolute Gasteiger partial charge is 0.249 e. The minimum absolute atomic E-state index is 0.0407. The molecule has 0 radical (unpaired) electrons. The molecule has 92 valence electrons. The average Bonchev–Trinajstić information content (AvgIpc) is 3.13. The lowest BCUT2D eigenvalue weighted by atomic mass is 10.2. The van der Waals surface area contributed by atoms with Gasteiger partial charge in [0.05, 0.1) is 12.2 Å². The van der Waals surface area contributed by atoms with Crippen LogP contribution in [0.15, 0.2) is 0 Å². The van der Waals surface area contributed by atoms with E-state index >= 15 is 0 Å². The molecule has 0 aromatic rings. The van der Waals surface area contributed by atoms with E-state index in [1.807, 2.05) is 12.3 Å². The van der Waals surface area contributed by atoms with Gasteiger partial charge in [-0.05, 0) is 43.9 Å². The molecule has 2 fully saturated rings. The van der Waals surface area contributed by atoms with E-state index in [0.29, 0.717) is 18.1 Å². The fourth-order valence-electron chi connectivity index (χ4n) is 1.98. The Bertz CT molecular complexity index is 330. The molecule has 16 heavy (non-hydrogen) atoms. The highest BCUT2D eigenvalue weighted by Crippen LogP contribution is 2.45. The van der Waals surface area contributed by atoms with Crippen molar-refractivity contribution in [3.8, 4) is 0 Å². The third kappa shape index (κ3) is 2.30. The Morgan fingerprint density at radius 1 is 1.69 bits per heavy atom. The van der Waals surface area contributed by atoms with Crippen LogP contribution < -0.4 is 10.5 Å². The van der Waals surface area contributed by atoms with Gasteiger partial charge in [0.25, 0.3) is 0 Å². The van der Waals surface area contributed by atoms with E-state index in [0.717, 1.165) is 0 Å². The Kier molecular flexibility index (Phi) is 3.35. The fourth-order valence-corrected chi connectivity index (χ4v) is 3.69. The normalized spacial score (nSPS) is 34.8. The van der Waals surface area contributed by atoms with Crippen LogP contribution in [0.3, 0.4) is 0 Å². The highest BCUT2D eigenvalue weighted by atomic mass is 32.2. The predicted octanol–water partition coefficient (Wildman–Crippen LogP) is 1.35. The molecule has 3 nitrogen and oxygen atoms in total. The molecule has 3 N–H and O–H groups in total. The summed E-state index contributed by atoms with van der Waals surface area (Å²) in [6.45, 7) is 1.59. The number of hydrogen-bond acceptors (Lipinski definition) is 2. The quantitative estimate of drug-likeness (QED) is 0.719. The van der Waals surface area contributed by atoms with Gasteiger partial charge in [0, 0.05) is 5.25 Å². The van der Waals surface area contributed by atoms with Gasteiger partial charge in [-0.3, -0.25) is 9.18 Å². The summed E-state index contributed by atoms with van der Waals surface area (Å²) < 4.78 is 15.2. The van der Waals surface area contributed by atoms with E-state index in [1.165, 1.54) is 12.8 Å². The monoisotopic (exact) mass is 246 g/mol. The van der Waals surface area contributed by atoms with E-state index < -0.39 is 5.54 Å². The zero-order valence-electron chi connectivity index (χ0n) is 9.54. The van der Waals surface area contributed by atoms with Crippen molar-refractivity contribution < 1.29 is 9.18 Å². The number of carbonyl (C=O) groups is 1. The Hall–Kier alpha value is -0.420. The van der Waals surface area contributed by atoms with Gasteiger partial charge in [-0.25, -0.2) is 0 Å². The lowest BCUT2D eigenvalue weighted by Gasteiger charge is -2.15. The van der Waals surface area contributed by atoms with Gasteiger partial charge in [0.1, 0.15) is 0 Å². The molecule has 1 amide bonds. The number of carbonyl (C=O) groups excluding carboxylic acids is 1. The van der Waals surface area contributed by atoms with Crippen LogP contribution in [0.25, 0.3) is 0 Å². The minimum Gasteiger partial charge on any atom is -0.317 e. The van der Waals surface area contributed by atoms with Gasteiger partial charge in [0.2, 0.25) is 5.91 Å². The van der Waals surface area contributed by atoms with E-state index in [-0.39, 0.29) is 29.2 Å². The summed E-state index contributed by atoms with van der Waals surface area (Å²) in [5, 5.41) is 2.67. The molecular weight excluding hydrogens is 227 g/mol. The van der Waals surface area contributed by atoms with Crippen molar-refractivity contribution in [1.82, 2.24) is 4.72 Å². The van der Waals surface area contributed by atoms with Gasteiger partial charge in [-0.1, -0.05) is 10.7 Å². The molecular formula is C11H19FN2OS. The minimum atomic E-state index is -0.783. The van der Waals surface area contributed by atoms with E-state index in [4.69, 9.17) is 5.73 Å². The maximum absolute atomic E-state index is 12.2. The van der Waals surface area contributed by atoms with Crippen molar-refractivity contribution >= 4 is 21.9 Å². The van der Waals surface area contributed by atoms with Crippen LogP contribution in [0.1, 0.15) is 32.6 Å². The number of nitrogens with one attached hydrogen (secondary N) is 1. The van der Waals surface area contributed by atoms with Gasteiger partial charge in [0.15, 0.2) is 0 Å². The number of hydrogen-bond donors (Lipinski definition) is 2. The fraction of sp³-hybridized carbons (Fsp3) is 0.818. The second kappa shape index (κ2) is 4.45. The Balaban J connectivity index is 1.88. The van der Waals surface area contributed by atoms with Crippen molar-refractivity contribution in [2.45, 2.75) is 43.4 Å². The van der Waals surface area contributed by atoms with Crippen LogP contribution in [0.5, 0.6) is 0 Å². The summed E-state index contributed by atoms with van der Waals surface area (Å²) in [7, 11) is -0.126. The number of halogens is 1. The number of amides is 1. The van der Waals surface area contributed by atoms with Crippen molar-refractivity contribution in [3.63, 3.8) is 0 Å². The summed E-state index contributed by atoms with van der Waals surface area (Å²) in [5.74, 6) is -0.0432. The SMILES string of the molecule is C/C=S(/NC(=O)[C@@]1(N)C[C@H]1CCF)C1CC1. The molecule has 3 atom stereocenters. The van der Waals surface area contributed by atoms with Gasteiger partial charge in [-0.2, -0.15) is 0 Å². The van der Waals surface area contributed by atoms with Crippen LogP contribution in [-0.4, -0.2) is 28.7 Å². The maximum atomic E-state index is 12.2. The van der Waals surface area contributed by atoms with Crippen molar-refractivity contribution in [1.29, 1.82) is 0 Å². The van der Waals surface area contributed by atoms with Gasteiger partial charge in [-0.15, -0.1) is 0 Å². The molecule has 2 aliphatic carbocycles. The molecule has 0 aromatic heterocycles. The van der Waals surface area contributed by atoms with Gasteiger partial charge < -0.3 is 10.5 Å². The van der Waals surface area contributed by atoms with Crippen LogP contribution in [0.2, 0.25) is 0 Å². The average molecular weight is 246 g/mol. The lowest BCUT2D eigenvalue weighted by Crippen LogP contribution is -2.43. The molecule has 0 bridgehead atoms. The highest BCUT2D eigenvalue weighted by Gasteiger charge is 2.56. The van der Waals surface area contributed by atoms with Crippen LogP contribution in [-0.2, 0) is 4.79 Å². The van der Waals surface area contributed by atoms with Crippen LogP contribution in [0, 0.1) is 5.92 Å². The Morgan fingerprint density at radius 3 is 2.88 bits per heavy atom. The topological polar surface area (TPSA) is 55.1 Å². The molecule has 1 unspecified atom stereocenters. The standard InChI is InChI=1S/C11H19FN2OS/c1-2-16(9-3-4-9)14-10(15)11(13)7-8(11)5-6-12/h2,8-9H,3-7,13H2,1H3,(H,14,15)/t8-,11-,16?/m1/s1. The van der Waals surface area contributed by atoms with Gasteiger partial charge >= 0.3 is 0 Å². The second-order valence-electron chi connectivity index (χ2n) is 4.66. The summed E-state index contributed by atoms with van der Waals surface area (Å²) in [5.41, 5.74) is 5.17. The molecule has 2 saturated carbocycles. The number of nitrogens with two attached hydrogens (primary N) is 1. The maximum Gasteiger partial charge on any atom is 0.249 e. The Labute approximate surface area is 98.0 Å². The van der Waals surface area contributed by atoms with Crippen molar-refractivity contribution in [3.05, 3.63) is 0 Å². The summed E-state index contributed by atoms with van der Waals surface area (Å²) >= 11 is 0. The number of rotatable bonds is 5. The second-order valence-corrected chi connectivity index (χ2v) is 6.74. The third-order valence-electron chi connectivity index (χ3n) is 3.38. The Morgan fingerprint density at radius 2 is 2.38 bits per heavy atom. The molecule has 0 spiro atoms. The molecule has 2 aliphatic rings. The first-order chi connectivity index (χ1) is 7.61. The van der Waals surface area contributed by atoms with E-state index in [2.05, 4.69) is 4.72 Å². The van der Waals surface area contributed by atoms with Crippen molar-refractivity contribution in [2.24, 2.45) is 11.7 Å². The molecule has 0 heterocycles. The lowest BCUT2D eigenvalue weighted by molar-refractivity contribution is -0.121. The summed E-state index contributed by atoms with van der Waals surface area (Å²) in [6.07, 6.45) is 3.43. The first-order valence-corrected chi connectivity index (χ1v) is 7.14. The van der Waals surface area contributed by atoms with Crippen LogP contribution >= 0.6 is 10.7 Å². The largest absolute Gasteiger partial charge is 0.317 e. The highest BCUT2D eigenvalue weighted by molar-refractivity contribution is 8.14. The zero-order chi connectivity index (χ0) is 11.8. The van der Waals surface area contributed by atoms with Crippen molar-refractivity contribution in [2.75, 3.05) is 6.67 Å². The van der Waals surface area contributed by atoms with E-state index in [1.54, 1.807) is 0 Å². The molecule has 0 saturated heterocycles. The van der Waals surface area contributed by atoms with Crippen LogP contribution in [0.4, 0.5) is 4.39 Å². The molecule has 2 rings (SSSR count). The zero-order valence-corrected chi connectivity index (χ0v) is 10.4. The molecule has 0 aliphatic heterocycles.